The highest BCUT2D eigenvalue weighted by Crippen LogP contribution is 2.30. The summed E-state index contributed by atoms with van der Waals surface area (Å²) in [4.78, 5) is 12.2. The van der Waals surface area contributed by atoms with Crippen molar-refractivity contribution in [1.29, 1.82) is 0 Å². The standard InChI is InChI=1S/C17H11BrF3N3O/c18-14-7-2-1-6-13(14)16(25)22-15-8-9-24(23-15)12-5-3-4-11(10-12)17(19,20)21/h1-10H,(H,22,23,25). The van der Waals surface area contributed by atoms with E-state index in [4.69, 9.17) is 0 Å². The van der Waals surface area contributed by atoms with E-state index in [0.717, 1.165) is 12.1 Å². The van der Waals surface area contributed by atoms with Gasteiger partial charge in [0.2, 0.25) is 0 Å². The van der Waals surface area contributed by atoms with Crippen LogP contribution in [0.2, 0.25) is 0 Å². The van der Waals surface area contributed by atoms with Crippen LogP contribution < -0.4 is 5.32 Å². The SMILES string of the molecule is O=C(Nc1ccn(-c2cccc(C(F)(F)F)c2)n1)c1ccccc1Br. The smallest absolute Gasteiger partial charge is 0.305 e. The summed E-state index contributed by atoms with van der Waals surface area (Å²) in [7, 11) is 0. The van der Waals surface area contributed by atoms with E-state index in [0.29, 0.717) is 10.0 Å². The zero-order valence-electron chi connectivity index (χ0n) is 12.6. The molecule has 1 amide bonds. The van der Waals surface area contributed by atoms with Crippen molar-refractivity contribution in [2.45, 2.75) is 6.18 Å². The third-order valence-corrected chi connectivity index (χ3v) is 4.08. The maximum absolute atomic E-state index is 12.8. The van der Waals surface area contributed by atoms with Crippen molar-refractivity contribution in [3.05, 3.63) is 76.4 Å². The molecule has 0 radical (unpaired) electrons. The molecule has 1 heterocycles. The van der Waals surface area contributed by atoms with E-state index in [1.54, 1.807) is 24.3 Å². The number of amides is 1. The molecular formula is C17H11BrF3N3O. The van der Waals surface area contributed by atoms with Crippen molar-refractivity contribution < 1.29 is 18.0 Å². The molecule has 128 valence electrons. The summed E-state index contributed by atoms with van der Waals surface area (Å²) in [5.74, 6) is -0.139. The van der Waals surface area contributed by atoms with Gasteiger partial charge >= 0.3 is 6.18 Å². The summed E-state index contributed by atoms with van der Waals surface area (Å²) in [5.41, 5.74) is -0.0911. The minimum Gasteiger partial charge on any atom is -0.305 e. The van der Waals surface area contributed by atoms with E-state index in [-0.39, 0.29) is 17.4 Å². The van der Waals surface area contributed by atoms with Crippen LogP contribution in [0.5, 0.6) is 0 Å². The first-order valence-electron chi connectivity index (χ1n) is 7.14. The van der Waals surface area contributed by atoms with Gasteiger partial charge in [-0.25, -0.2) is 4.68 Å². The maximum Gasteiger partial charge on any atom is 0.416 e. The van der Waals surface area contributed by atoms with Crippen LogP contribution >= 0.6 is 15.9 Å². The molecule has 8 heteroatoms. The van der Waals surface area contributed by atoms with Crippen LogP contribution in [0.15, 0.2) is 65.3 Å². The molecule has 0 bridgehead atoms. The Morgan fingerprint density at radius 2 is 1.84 bits per heavy atom. The molecule has 4 nitrogen and oxygen atoms in total. The third-order valence-electron chi connectivity index (χ3n) is 3.39. The number of nitrogens with zero attached hydrogens (tertiary/aromatic N) is 2. The summed E-state index contributed by atoms with van der Waals surface area (Å²) in [6, 6.07) is 13.2. The van der Waals surface area contributed by atoms with Crippen molar-refractivity contribution in [3.8, 4) is 5.69 Å². The minimum absolute atomic E-state index is 0.234. The van der Waals surface area contributed by atoms with E-state index in [2.05, 4.69) is 26.3 Å². The van der Waals surface area contributed by atoms with E-state index in [1.165, 1.54) is 29.1 Å². The first-order valence-corrected chi connectivity index (χ1v) is 7.93. The quantitative estimate of drug-likeness (QED) is 0.668. The molecule has 0 unspecified atom stereocenters. The third kappa shape index (κ3) is 3.90. The number of carbonyl (C=O) groups is 1. The second-order valence-corrected chi connectivity index (χ2v) is 5.98. The summed E-state index contributed by atoms with van der Waals surface area (Å²) < 4.78 is 40.3. The van der Waals surface area contributed by atoms with Crippen molar-refractivity contribution in [2.24, 2.45) is 0 Å². The highest BCUT2D eigenvalue weighted by atomic mass is 79.9. The molecule has 1 aromatic heterocycles. The molecule has 0 spiro atoms. The second kappa shape index (κ2) is 6.72. The van der Waals surface area contributed by atoms with Crippen LogP contribution in [-0.2, 0) is 6.18 Å². The van der Waals surface area contributed by atoms with Crippen LogP contribution in [-0.4, -0.2) is 15.7 Å². The lowest BCUT2D eigenvalue weighted by Crippen LogP contribution is -2.13. The topological polar surface area (TPSA) is 46.9 Å². The highest BCUT2D eigenvalue weighted by molar-refractivity contribution is 9.10. The van der Waals surface area contributed by atoms with E-state index in [9.17, 15) is 18.0 Å². The van der Waals surface area contributed by atoms with Gasteiger partial charge in [-0.3, -0.25) is 4.79 Å². The number of rotatable bonds is 3. The number of alkyl halides is 3. The molecule has 3 rings (SSSR count). The van der Waals surface area contributed by atoms with Crippen LogP contribution in [0.3, 0.4) is 0 Å². The van der Waals surface area contributed by atoms with Gasteiger partial charge in [-0.2, -0.15) is 18.3 Å². The average molecular weight is 410 g/mol. The molecule has 0 fully saturated rings. The number of hydrogen-bond acceptors (Lipinski definition) is 2. The van der Waals surface area contributed by atoms with Crippen LogP contribution in [0.25, 0.3) is 5.69 Å². The van der Waals surface area contributed by atoms with E-state index in [1.807, 2.05) is 0 Å². The fraction of sp³-hybridized carbons (Fsp3) is 0.0588. The molecule has 0 aliphatic carbocycles. The molecule has 25 heavy (non-hydrogen) atoms. The number of aromatic nitrogens is 2. The van der Waals surface area contributed by atoms with Gasteiger partial charge < -0.3 is 5.32 Å². The van der Waals surface area contributed by atoms with Gasteiger partial charge in [0.1, 0.15) is 0 Å². The molecule has 0 saturated heterocycles. The lowest BCUT2D eigenvalue weighted by Gasteiger charge is -2.08. The Bertz CT molecular complexity index is 921. The second-order valence-electron chi connectivity index (χ2n) is 5.13. The highest BCUT2D eigenvalue weighted by Gasteiger charge is 2.30. The van der Waals surface area contributed by atoms with Gasteiger partial charge in [0.15, 0.2) is 5.82 Å². The van der Waals surface area contributed by atoms with Gasteiger partial charge in [0.05, 0.1) is 16.8 Å². The van der Waals surface area contributed by atoms with Crippen molar-refractivity contribution in [2.75, 3.05) is 5.32 Å². The maximum atomic E-state index is 12.8. The molecule has 0 saturated carbocycles. The number of nitrogens with one attached hydrogen (secondary N) is 1. The normalized spacial score (nSPS) is 11.4. The zero-order chi connectivity index (χ0) is 18.0. The van der Waals surface area contributed by atoms with Gasteiger partial charge in [-0.15, -0.1) is 0 Å². The Morgan fingerprint density at radius 1 is 1.08 bits per heavy atom. The molecule has 2 aromatic carbocycles. The first kappa shape index (κ1) is 17.2. The minimum atomic E-state index is -4.43. The Labute approximate surface area is 149 Å². The predicted octanol–water partition coefficient (Wildman–Crippen LogP) is 4.91. The van der Waals surface area contributed by atoms with Crippen LogP contribution in [0.1, 0.15) is 15.9 Å². The predicted molar refractivity (Wildman–Crippen MR) is 90.7 cm³/mol. The average Bonchev–Trinajstić information content (AvgIpc) is 3.03. The Balaban J connectivity index is 1.82. The molecular weight excluding hydrogens is 399 g/mol. The zero-order valence-corrected chi connectivity index (χ0v) is 14.2. The van der Waals surface area contributed by atoms with Crippen LogP contribution in [0, 0.1) is 0 Å². The fourth-order valence-corrected chi connectivity index (χ4v) is 2.65. The lowest BCUT2D eigenvalue weighted by molar-refractivity contribution is -0.137. The molecule has 0 aliphatic heterocycles. The number of anilines is 1. The molecule has 1 N–H and O–H groups in total. The number of benzene rings is 2. The monoisotopic (exact) mass is 409 g/mol. The summed E-state index contributed by atoms with van der Waals surface area (Å²) in [6.07, 6.45) is -2.95. The fourth-order valence-electron chi connectivity index (χ4n) is 2.19. The molecule has 3 aromatic rings. The van der Waals surface area contributed by atoms with Gasteiger partial charge in [-0.05, 0) is 46.3 Å². The summed E-state index contributed by atoms with van der Waals surface area (Å²) in [6.45, 7) is 0. The van der Waals surface area contributed by atoms with Crippen molar-refractivity contribution in [3.63, 3.8) is 0 Å². The first-order chi connectivity index (χ1) is 11.8. The molecule has 0 aliphatic rings. The molecule has 0 atom stereocenters. The summed E-state index contributed by atoms with van der Waals surface area (Å²) >= 11 is 3.29. The van der Waals surface area contributed by atoms with Gasteiger partial charge in [0.25, 0.3) is 5.91 Å². The van der Waals surface area contributed by atoms with Crippen molar-refractivity contribution >= 4 is 27.7 Å². The van der Waals surface area contributed by atoms with E-state index >= 15 is 0 Å². The van der Waals surface area contributed by atoms with Gasteiger partial charge in [0, 0.05) is 16.7 Å². The number of halogens is 4. The Kier molecular flexibility index (Phi) is 4.63. The van der Waals surface area contributed by atoms with E-state index < -0.39 is 11.7 Å². The van der Waals surface area contributed by atoms with Crippen molar-refractivity contribution in [1.82, 2.24) is 9.78 Å². The van der Waals surface area contributed by atoms with Crippen LogP contribution in [0.4, 0.5) is 19.0 Å². The Hall–Kier alpha value is -2.61. The Morgan fingerprint density at radius 3 is 2.56 bits per heavy atom. The lowest BCUT2D eigenvalue weighted by atomic mass is 10.2. The summed E-state index contributed by atoms with van der Waals surface area (Å²) in [5, 5.41) is 6.71. The van der Waals surface area contributed by atoms with Gasteiger partial charge in [-0.1, -0.05) is 18.2 Å². The number of carbonyl (C=O) groups excluding carboxylic acids is 1. The number of hydrogen-bond donors (Lipinski definition) is 1. The largest absolute Gasteiger partial charge is 0.416 e.